The number of alkyl halides is 1. The molecule has 1 aromatic heterocycles. The lowest BCUT2D eigenvalue weighted by Crippen LogP contribution is -2.10. The van der Waals surface area contributed by atoms with Crippen LogP contribution in [0.5, 0.6) is 0 Å². The van der Waals surface area contributed by atoms with E-state index in [-0.39, 0.29) is 26.9 Å². The largest absolute Gasteiger partial charge is 0.459 e. The van der Waals surface area contributed by atoms with Gasteiger partial charge in [0.2, 0.25) is 5.43 Å². The van der Waals surface area contributed by atoms with Gasteiger partial charge >= 0.3 is 0 Å². The maximum absolute atomic E-state index is 14.1. The molecule has 1 unspecified atom stereocenters. The first-order valence-electron chi connectivity index (χ1n) is 6.64. The summed E-state index contributed by atoms with van der Waals surface area (Å²) >= 11 is 3.36. The van der Waals surface area contributed by atoms with E-state index in [0.717, 1.165) is 6.07 Å². The standard InChI is InChI=1S/C17H11BrF2O2/c1-9(18)17-15(11-4-2-3-5-13(11)20)16(21)12-8-10(19)6-7-14(12)22-17/h2-9H,1H3. The maximum Gasteiger partial charge on any atom is 0.201 e. The van der Waals surface area contributed by atoms with E-state index in [0.29, 0.717) is 5.76 Å². The molecule has 0 aliphatic rings. The van der Waals surface area contributed by atoms with Crippen LogP contribution in [0, 0.1) is 11.6 Å². The van der Waals surface area contributed by atoms with Gasteiger partial charge in [-0.15, -0.1) is 0 Å². The van der Waals surface area contributed by atoms with E-state index in [2.05, 4.69) is 15.9 Å². The van der Waals surface area contributed by atoms with Crippen LogP contribution in [0.15, 0.2) is 51.7 Å². The van der Waals surface area contributed by atoms with Crippen LogP contribution in [-0.4, -0.2) is 0 Å². The topological polar surface area (TPSA) is 30.2 Å². The van der Waals surface area contributed by atoms with E-state index >= 15 is 0 Å². The average Bonchev–Trinajstić information content (AvgIpc) is 2.48. The fraction of sp³-hybridized carbons (Fsp3) is 0.118. The van der Waals surface area contributed by atoms with Crippen LogP contribution in [0.3, 0.4) is 0 Å². The van der Waals surface area contributed by atoms with Crippen molar-refractivity contribution in [2.75, 3.05) is 0 Å². The predicted molar refractivity (Wildman–Crippen MR) is 85.2 cm³/mol. The van der Waals surface area contributed by atoms with Crippen molar-refractivity contribution in [3.05, 3.63) is 70.1 Å². The molecule has 5 heteroatoms. The Morgan fingerprint density at radius 3 is 2.55 bits per heavy atom. The van der Waals surface area contributed by atoms with Crippen molar-refractivity contribution in [2.45, 2.75) is 11.8 Å². The number of hydrogen-bond acceptors (Lipinski definition) is 2. The molecule has 0 amide bonds. The molecular weight excluding hydrogens is 354 g/mol. The molecule has 1 atom stereocenters. The highest BCUT2D eigenvalue weighted by atomic mass is 79.9. The van der Waals surface area contributed by atoms with E-state index in [1.54, 1.807) is 19.1 Å². The third-order valence-electron chi connectivity index (χ3n) is 3.38. The fourth-order valence-electron chi connectivity index (χ4n) is 2.38. The zero-order chi connectivity index (χ0) is 15.9. The molecule has 1 heterocycles. The van der Waals surface area contributed by atoms with Crippen molar-refractivity contribution in [1.29, 1.82) is 0 Å². The third-order valence-corrected chi connectivity index (χ3v) is 3.80. The lowest BCUT2D eigenvalue weighted by molar-refractivity contribution is 0.541. The highest BCUT2D eigenvalue weighted by Gasteiger charge is 2.21. The monoisotopic (exact) mass is 364 g/mol. The minimum Gasteiger partial charge on any atom is -0.459 e. The second-order valence-electron chi connectivity index (χ2n) is 4.91. The molecule has 2 nitrogen and oxygen atoms in total. The molecule has 3 aromatic rings. The van der Waals surface area contributed by atoms with Gasteiger partial charge in [-0.2, -0.15) is 0 Å². The summed E-state index contributed by atoms with van der Waals surface area (Å²) in [5.74, 6) is -0.756. The predicted octanol–water partition coefficient (Wildman–Crippen LogP) is 5.19. The van der Waals surface area contributed by atoms with Gasteiger partial charge in [0.15, 0.2) is 0 Å². The van der Waals surface area contributed by atoms with Crippen LogP contribution in [0.1, 0.15) is 17.5 Å². The Balaban J connectivity index is 2.46. The molecular formula is C17H11BrF2O2. The summed E-state index contributed by atoms with van der Waals surface area (Å²) in [6.45, 7) is 1.78. The molecule has 0 N–H and O–H groups in total. The zero-order valence-electron chi connectivity index (χ0n) is 11.6. The highest BCUT2D eigenvalue weighted by molar-refractivity contribution is 9.09. The maximum atomic E-state index is 14.1. The van der Waals surface area contributed by atoms with Crippen LogP contribution < -0.4 is 5.43 Å². The van der Waals surface area contributed by atoms with Crippen molar-refractivity contribution in [3.8, 4) is 11.1 Å². The van der Waals surface area contributed by atoms with Crippen LogP contribution in [0.2, 0.25) is 0 Å². The van der Waals surface area contributed by atoms with Gasteiger partial charge in [-0.1, -0.05) is 34.1 Å². The molecule has 0 saturated heterocycles. The van der Waals surface area contributed by atoms with Gasteiger partial charge in [0.25, 0.3) is 0 Å². The summed E-state index contributed by atoms with van der Waals surface area (Å²) in [5, 5.41) is 0.0927. The van der Waals surface area contributed by atoms with Gasteiger partial charge in [0.05, 0.1) is 15.8 Å². The number of hydrogen-bond donors (Lipinski definition) is 0. The number of fused-ring (bicyclic) bond motifs is 1. The van der Waals surface area contributed by atoms with E-state index in [4.69, 9.17) is 4.42 Å². The van der Waals surface area contributed by atoms with Crippen LogP contribution in [0.25, 0.3) is 22.1 Å². The highest BCUT2D eigenvalue weighted by Crippen LogP contribution is 2.33. The molecule has 0 saturated carbocycles. The van der Waals surface area contributed by atoms with E-state index in [1.807, 2.05) is 0 Å². The van der Waals surface area contributed by atoms with Gasteiger partial charge in [0.1, 0.15) is 23.0 Å². The Morgan fingerprint density at radius 2 is 1.86 bits per heavy atom. The first-order chi connectivity index (χ1) is 10.5. The van der Waals surface area contributed by atoms with Crippen molar-refractivity contribution >= 4 is 26.9 Å². The minimum absolute atomic E-state index is 0.0927. The third kappa shape index (κ3) is 2.46. The molecule has 2 aromatic carbocycles. The zero-order valence-corrected chi connectivity index (χ0v) is 13.2. The molecule has 22 heavy (non-hydrogen) atoms. The van der Waals surface area contributed by atoms with E-state index < -0.39 is 17.1 Å². The Kier molecular flexibility index (Phi) is 3.83. The summed E-state index contributed by atoms with van der Waals surface area (Å²) < 4.78 is 33.3. The average molecular weight is 365 g/mol. The summed E-state index contributed by atoms with van der Waals surface area (Å²) in [6, 6.07) is 9.68. The molecule has 0 fully saturated rings. The van der Waals surface area contributed by atoms with Crippen molar-refractivity contribution in [2.24, 2.45) is 0 Å². The van der Waals surface area contributed by atoms with E-state index in [9.17, 15) is 13.6 Å². The van der Waals surface area contributed by atoms with Crippen molar-refractivity contribution in [1.82, 2.24) is 0 Å². The Hall–Kier alpha value is -2.01. The SMILES string of the molecule is CC(Br)c1oc2ccc(F)cc2c(=O)c1-c1ccccc1F. The van der Waals surface area contributed by atoms with Gasteiger partial charge in [-0.05, 0) is 31.2 Å². The van der Waals surface area contributed by atoms with Crippen LogP contribution >= 0.6 is 15.9 Å². The van der Waals surface area contributed by atoms with Crippen molar-refractivity contribution < 1.29 is 13.2 Å². The van der Waals surface area contributed by atoms with Crippen LogP contribution in [0.4, 0.5) is 8.78 Å². The smallest absolute Gasteiger partial charge is 0.201 e. The summed E-state index contributed by atoms with van der Waals surface area (Å²) in [5.41, 5.74) is 0.0734. The fourth-order valence-corrected chi connectivity index (χ4v) is 2.71. The molecule has 112 valence electrons. The van der Waals surface area contributed by atoms with E-state index in [1.165, 1.54) is 24.3 Å². The molecule has 0 spiro atoms. The Labute approximate surface area is 133 Å². The minimum atomic E-state index is -0.543. The lowest BCUT2D eigenvalue weighted by Gasteiger charge is -2.12. The number of halogens is 3. The number of benzene rings is 2. The quantitative estimate of drug-likeness (QED) is 0.585. The summed E-state index contributed by atoms with van der Waals surface area (Å²) in [7, 11) is 0. The van der Waals surface area contributed by atoms with Gasteiger partial charge in [0, 0.05) is 5.56 Å². The second kappa shape index (κ2) is 5.65. The molecule has 0 radical (unpaired) electrons. The van der Waals surface area contributed by atoms with Crippen molar-refractivity contribution in [3.63, 3.8) is 0 Å². The lowest BCUT2D eigenvalue weighted by atomic mass is 10.0. The Bertz CT molecular complexity index is 916. The number of rotatable bonds is 2. The second-order valence-corrected chi connectivity index (χ2v) is 6.28. The molecule has 3 rings (SSSR count). The molecule has 0 aliphatic carbocycles. The molecule has 0 aliphatic heterocycles. The first-order valence-corrected chi connectivity index (χ1v) is 7.56. The normalized spacial score (nSPS) is 12.5. The van der Waals surface area contributed by atoms with Gasteiger partial charge in [-0.3, -0.25) is 4.79 Å². The summed E-state index contributed by atoms with van der Waals surface area (Å²) in [4.78, 5) is 12.4. The summed E-state index contributed by atoms with van der Waals surface area (Å²) in [6.07, 6.45) is 0. The first kappa shape index (κ1) is 14.9. The molecule has 0 bridgehead atoms. The van der Waals surface area contributed by atoms with Crippen LogP contribution in [-0.2, 0) is 0 Å². The van der Waals surface area contributed by atoms with Gasteiger partial charge < -0.3 is 4.42 Å². The Morgan fingerprint density at radius 1 is 1.14 bits per heavy atom. The van der Waals surface area contributed by atoms with Gasteiger partial charge in [-0.25, -0.2) is 8.78 Å².